The molecular weight excluding hydrogens is 246 g/mol. The SMILES string of the molecule is Cc1ncsc1CCNC(=O)C[n+]1ccccc1. The number of rotatable bonds is 5. The molecule has 94 valence electrons. The Hall–Kier alpha value is -1.75. The van der Waals surface area contributed by atoms with Gasteiger partial charge in [-0.3, -0.25) is 4.79 Å². The predicted octanol–water partition coefficient (Wildman–Crippen LogP) is 1.10. The quantitative estimate of drug-likeness (QED) is 0.820. The van der Waals surface area contributed by atoms with Crippen molar-refractivity contribution in [3.05, 3.63) is 46.7 Å². The predicted molar refractivity (Wildman–Crippen MR) is 70.2 cm³/mol. The number of carbonyl (C=O) groups is 1. The monoisotopic (exact) mass is 262 g/mol. The first kappa shape index (κ1) is 12.7. The molecule has 1 N–H and O–H groups in total. The summed E-state index contributed by atoms with van der Waals surface area (Å²) >= 11 is 1.64. The van der Waals surface area contributed by atoms with Gasteiger partial charge in [0, 0.05) is 30.0 Å². The van der Waals surface area contributed by atoms with Crippen molar-refractivity contribution in [3.63, 3.8) is 0 Å². The molecule has 0 aliphatic carbocycles. The number of aromatic nitrogens is 2. The Morgan fingerprint density at radius 3 is 2.83 bits per heavy atom. The fraction of sp³-hybridized carbons (Fsp3) is 0.308. The lowest BCUT2D eigenvalue weighted by molar-refractivity contribution is -0.684. The van der Waals surface area contributed by atoms with Crippen LogP contribution in [0.3, 0.4) is 0 Å². The van der Waals surface area contributed by atoms with E-state index in [0.717, 1.165) is 12.1 Å². The van der Waals surface area contributed by atoms with Crippen LogP contribution in [0.15, 0.2) is 36.1 Å². The molecule has 1 amide bonds. The van der Waals surface area contributed by atoms with Gasteiger partial charge in [0.25, 0.3) is 5.91 Å². The number of thiazole rings is 1. The normalized spacial score (nSPS) is 10.3. The van der Waals surface area contributed by atoms with Crippen LogP contribution in [-0.2, 0) is 17.8 Å². The summed E-state index contributed by atoms with van der Waals surface area (Å²) in [5.74, 6) is 0.0355. The molecule has 0 bridgehead atoms. The number of nitrogens with one attached hydrogen (secondary N) is 1. The molecule has 0 fully saturated rings. The summed E-state index contributed by atoms with van der Waals surface area (Å²) < 4.78 is 1.85. The second-order valence-corrected chi connectivity index (χ2v) is 4.95. The van der Waals surface area contributed by atoms with Gasteiger partial charge in [0.1, 0.15) is 0 Å². The van der Waals surface area contributed by atoms with Crippen molar-refractivity contribution >= 4 is 17.2 Å². The zero-order chi connectivity index (χ0) is 12.8. The molecule has 4 nitrogen and oxygen atoms in total. The van der Waals surface area contributed by atoms with Crippen LogP contribution in [0.2, 0.25) is 0 Å². The van der Waals surface area contributed by atoms with Gasteiger partial charge in [-0.25, -0.2) is 4.98 Å². The number of amides is 1. The van der Waals surface area contributed by atoms with Crippen LogP contribution < -0.4 is 9.88 Å². The van der Waals surface area contributed by atoms with Gasteiger partial charge >= 0.3 is 0 Å². The average molecular weight is 262 g/mol. The molecule has 2 aromatic rings. The number of nitrogens with zero attached hydrogens (tertiary/aromatic N) is 2. The molecule has 2 rings (SSSR count). The van der Waals surface area contributed by atoms with Gasteiger partial charge in [0.15, 0.2) is 12.4 Å². The summed E-state index contributed by atoms with van der Waals surface area (Å²) in [6.45, 7) is 3.02. The van der Waals surface area contributed by atoms with E-state index < -0.39 is 0 Å². The van der Waals surface area contributed by atoms with Crippen LogP contribution in [0, 0.1) is 6.92 Å². The maximum atomic E-state index is 11.7. The Morgan fingerprint density at radius 1 is 1.39 bits per heavy atom. The number of aryl methyl sites for hydroxylation is 1. The molecule has 0 atom stereocenters. The minimum atomic E-state index is 0.0355. The molecule has 2 heterocycles. The fourth-order valence-electron chi connectivity index (χ4n) is 1.64. The lowest BCUT2D eigenvalue weighted by Gasteiger charge is -2.02. The van der Waals surface area contributed by atoms with Crippen LogP contribution >= 0.6 is 11.3 Å². The van der Waals surface area contributed by atoms with E-state index in [-0.39, 0.29) is 5.91 Å². The van der Waals surface area contributed by atoms with Crippen molar-refractivity contribution in [1.82, 2.24) is 10.3 Å². The molecule has 0 saturated carbocycles. The summed E-state index contributed by atoms with van der Waals surface area (Å²) in [5.41, 5.74) is 2.90. The molecule has 2 aromatic heterocycles. The van der Waals surface area contributed by atoms with E-state index in [1.165, 1.54) is 4.88 Å². The molecule has 18 heavy (non-hydrogen) atoms. The summed E-state index contributed by atoms with van der Waals surface area (Å²) in [4.78, 5) is 17.1. The first-order valence-electron chi connectivity index (χ1n) is 5.85. The fourth-order valence-corrected chi connectivity index (χ4v) is 2.42. The largest absolute Gasteiger partial charge is 0.350 e. The van der Waals surface area contributed by atoms with E-state index in [1.54, 1.807) is 11.3 Å². The van der Waals surface area contributed by atoms with Crippen molar-refractivity contribution < 1.29 is 9.36 Å². The summed E-state index contributed by atoms with van der Waals surface area (Å²) in [6, 6.07) is 5.75. The molecular formula is C13H16N3OS+. The average Bonchev–Trinajstić information content (AvgIpc) is 2.76. The highest BCUT2D eigenvalue weighted by Gasteiger charge is 2.08. The summed E-state index contributed by atoms with van der Waals surface area (Å²) in [6.07, 6.45) is 4.61. The smallest absolute Gasteiger partial charge is 0.285 e. The minimum absolute atomic E-state index is 0.0355. The Kier molecular flexibility index (Phi) is 4.41. The highest BCUT2D eigenvalue weighted by molar-refractivity contribution is 7.09. The second-order valence-electron chi connectivity index (χ2n) is 4.01. The van der Waals surface area contributed by atoms with E-state index in [0.29, 0.717) is 13.1 Å². The van der Waals surface area contributed by atoms with E-state index in [4.69, 9.17) is 0 Å². The molecule has 0 unspecified atom stereocenters. The molecule has 0 aromatic carbocycles. The first-order chi connectivity index (χ1) is 8.75. The molecule has 0 aliphatic rings. The third kappa shape index (κ3) is 3.63. The summed E-state index contributed by atoms with van der Waals surface area (Å²) in [7, 11) is 0. The van der Waals surface area contributed by atoms with E-state index >= 15 is 0 Å². The van der Waals surface area contributed by atoms with Crippen LogP contribution in [-0.4, -0.2) is 17.4 Å². The Balaban J connectivity index is 1.74. The molecule has 5 heteroatoms. The van der Waals surface area contributed by atoms with Gasteiger partial charge in [0.2, 0.25) is 6.54 Å². The summed E-state index contributed by atoms with van der Waals surface area (Å²) in [5, 5.41) is 2.92. The van der Waals surface area contributed by atoms with E-state index in [2.05, 4.69) is 10.3 Å². The van der Waals surface area contributed by atoms with Gasteiger partial charge in [0.05, 0.1) is 11.2 Å². The van der Waals surface area contributed by atoms with Crippen molar-refractivity contribution in [1.29, 1.82) is 0 Å². The standard InChI is InChI=1S/C13H15N3OS/c1-11-12(18-10-15-11)5-6-14-13(17)9-16-7-3-2-4-8-16/h2-4,7-8,10H,5-6,9H2,1H3/p+1. The number of hydrogen-bond acceptors (Lipinski definition) is 3. The lowest BCUT2D eigenvalue weighted by Crippen LogP contribution is -2.42. The van der Waals surface area contributed by atoms with Crippen molar-refractivity contribution in [3.8, 4) is 0 Å². The second kappa shape index (κ2) is 6.26. The van der Waals surface area contributed by atoms with Gasteiger partial charge in [-0.05, 0) is 6.92 Å². The van der Waals surface area contributed by atoms with Gasteiger partial charge in [-0.2, -0.15) is 4.57 Å². The molecule has 0 aliphatic heterocycles. The van der Waals surface area contributed by atoms with Crippen LogP contribution in [0.1, 0.15) is 10.6 Å². The van der Waals surface area contributed by atoms with Gasteiger partial charge < -0.3 is 5.32 Å². The zero-order valence-electron chi connectivity index (χ0n) is 10.3. The zero-order valence-corrected chi connectivity index (χ0v) is 11.1. The maximum Gasteiger partial charge on any atom is 0.285 e. The molecule has 0 radical (unpaired) electrons. The molecule has 0 saturated heterocycles. The van der Waals surface area contributed by atoms with Crippen molar-refractivity contribution in [2.45, 2.75) is 19.9 Å². The lowest BCUT2D eigenvalue weighted by atomic mass is 10.3. The highest BCUT2D eigenvalue weighted by Crippen LogP contribution is 2.11. The van der Waals surface area contributed by atoms with Crippen LogP contribution in [0.25, 0.3) is 0 Å². The highest BCUT2D eigenvalue weighted by atomic mass is 32.1. The topological polar surface area (TPSA) is 45.9 Å². The first-order valence-corrected chi connectivity index (χ1v) is 6.73. The Morgan fingerprint density at radius 2 is 2.17 bits per heavy atom. The Bertz CT molecular complexity index is 510. The van der Waals surface area contributed by atoms with Gasteiger partial charge in [-0.15, -0.1) is 11.3 Å². The number of carbonyl (C=O) groups excluding carboxylic acids is 1. The van der Waals surface area contributed by atoms with E-state index in [9.17, 15) is 4.79 Å². The Labute approximate surface area is 110 Å². The number of pyridine rings is 1. The van der Waals surface area contributed by atoms with Crippen LogP contribution in [0.5, 0.6) is 0 Å². The van der Waals surface area contributed by atoms with Crippen molar-refractivity contribution in [2.24, 2.45) is 0 Å². The van der Waals surface area contributed by atoms with Crippen LogP contribution in [0.4, 0.5) is 0 Å². The molecule has 0 spiro atoms. The third-order valence-corrected chi connectivity index (χ3v) is 3.62. The van der Waals surface area contributed by atoms with Crippen molar-refractivity contribution in [2.75, 3.05) is 6.54 Å². The van der Waals surface area contributed by atoms with Gasteiger partial charge in [-0.1, -0.05) is 6.07 Å². The van der Waals surface area contributed by atoms with E-state index in [1.807, 2.05) is 47.6 Å². The maximum absolute atomic E-state index is 11.7. The number of hydrogen-bond donors (Lipinski definition) is 1. The third-order valence-electron chi connectivity index (χ3n) is 2.62. The minimum Gasteiger partial charge on any atom is -0.350 e.